The van der Waals surface area contributed by atoms with Crippen LogP contribution in [0, 0.1) is 5.92 Å². The summed E-state index contributed by atoms with van der Waals surface area (Å²) in [7, 11) is 0. The molecule has 0 fully saturated rings. The summed E-state index contributed by atoms with van der Waals surface area (Å²) in [5.74, 6) is 1.80. The predicted octanol–water partition coefficient (Wildman–Crippen LogP) is 4.55. The van der Waals surface area contributed by atoms with Crippen LogP contribution in [0.2, 0.25) is 0 Å². The van der Waals surface area contributed by atoms with Gasteiger partial charge in [0.15, 0.2) is 4.96 Å². The summed E-state index contributed by atoms with van der Waals surface area (Å²) in [5, 5.41) is 0. The highest BCUT2D eigenvalue weighted by Crippen LogP contribution is 2.21. The standard InChI is InChI=1S/C26H22N2O3S/c1-18(16-30-20-10-3-2-4-11-20)17-31-23-14-8-5-9-19(23)15-24-25(29)28-22-13-7-6-12-21(22)27-26(28)32-24/h2-15,18H,16-17H2,1H3/b24-15-/t18-/m1/s1. The average molecular weight is 443 g/mol. The Labute approximate surface area is 189 Å². The molecule has 6 heteroatoms. The molecule has 32 heavy (non-hydrogen) atoms. The van der Waals surface area contributed by atoms with Crippen molar-refractivity contribution >= 4 is 33.4 Å². The highest BCUT2D eigenvalue weighted by Gasteiger charge is 2.12. The molecule has 0 bridgehead atoms. The highest BCUT2D eigenvalue weighted by molar-refractivity contribution is 7.15. The van der Waals surface area contributed by atoms with Gasteiger partial charge in [0.2, 0.25) is 0 Å². The Hall–Kier alpha value is -3.64. The smallest absolute Gasteiger partial charge is 0.274 e. The number of para-hydroxylation sites is 4. The van der Waals surface area contributed by atoms with E-state index in [0.29, 0.717) is 22.7 Å². The van der Waals surface area contributed by atoms with Crippen LogP contribution < -0.4 is 19.6 Å². The van der Waals surface area contributed by atoms with Crippen molar-refractivity contribution in [2.45, 2.75) is 6.92 Å². The van der Waals surface area contributed by atoms with E-state index in [2.05, 4.69) is 11.9 Å². The van der Waals surface area contributed by atoms with Crippen molar-refractivity contribution in [2.24, 2.45) is 5.92 Å². The molecule has 0 radical (unpaired) electrons. The van der Waals surface area contributed by atoms with Gasteiger partial charge in [-0.05, 0) is 36.4 Å². The second-order valence-corrected chi connectivity index (χ2v) is 8.72. The van der Waals surface area contributed by atoms with E-state index in [-0.39, 0.29) is 11.5 Å². The Balaban J connectivity index is 1.36. The number of hydrogen-bond acceptors (Lipinski definition) is 5. The molecule has 0 spiro atoms. The van der Waals surface area contributed by atoms with Crippen molar-refractivity contribution in [3.8, 4) is 11.5 Å². The zero-order valence-corrected chi connectivity index (χ0v) is 18.4. The van der Waals surface area contributed by atoms with E-state index in [1.165, 1.54) is 11.3 Å². The van der Waals surface area contributed by atoms with E-state index < -0.39 is 0 Å². The van der Waals surface area contributed by atoms with E-state index in [4.69, 9.17) is 9.47 Å². The lowest BCUT2D eigenvalue weighted by Gasteiger charge is -2.15. The van der Waals surface area contributed by atoms with Crippen LogP contribution in [0.25, 0.3) is 22.1 Å². The second-order valence-electron chi connectivity index (χ2n) is 7.71. The minimum Gasteiger partial charge on any atom is -0.493 e. The number of nitrogens with zero attached hydrogens (tertiary/aromatic N) is 2. The minimum atomic E-state index is -0.0573. The van der Waals surface area contributed by atoms with Crippen LogP contribution in [0.15, 0.2) is 83.7 Å². The fourth-order valence-electron chi connectivity index (χ4n) is 3.52. The van der Waals surface area contributed by atoms with Gasteiger partial charge < -0.3 is 9.47 Å². The van der Waals surface area contributed by atoms with Gasteiger partial charge in [-0.2, -0.15) is 0 Å². The first-order valence-electron chi connectivity index (χ1n) is 10.5. The summed E-state index contributed by atoms with van der Waals surface area (Å²) in [6.07, 6.45) is 1.89. The topological polar surface area (TPSA) is 52.8 Å². The van der Waals surface area contributed by atoms with Crippen molar-refractivity contribution in [1.29, 1.82) is 0 Å². The molecule has 0 aliphatic carbocycles. The summed E-state index contributed by atoms with van der Waals surface area (Å²) in [6.45, 7) is 3.17. The van der Waals surface area contributed by atoms with Gasteiger partial charge in [0, 0.05) is 11.5 Å². The summed E-state index contributed by atoms with van der Waals surface area (Å²) in [4.78, 5) is 18.3. The van der Waals surface area contributed by atoms with E-state index in [9.17, 15) is 4.79 Å². The fraction of sp³-hybridized carbons (Fsp3) is 0.154. The third kappa shape index (κ3) is 4.09. The normalized spacial score (nSPS) is 13.0. The van der Waals surface area contributed by atoms with Crippen LogP contribution in [-0.4, -0.2) is 22.6 Å². The van der Waals surface area contributed by atoms with Gasteiger partial charge in [-0.1, -0.05) is 66.8 Å². The summed E-state index contributed by atoms with van der Waals surface area (Å²) in [6, 6.07) is 25.2. The number of rotatable bonds is 7. The molecule has 0 saturated carbocycles. The summed E-state index contributed by atoms with van der Waals surface area (Å²) < 4.78 is 14.2. The molecule has 2 heterocycles. The lowest BCUT2D eigenvalue weighted by atomic mass is 10.2. The van der Waals surface area contributed by atoms with Crippen LogP contribution in [0.3, 0.4) is 0 Å². The van der Waals surface area contributed by atoms with Crippen LogP contribution in [0.5, 0.6) is 11.5 Å². The maximum absolute atomic E-state index is 13.0. The molecule has 0 amide bonds. The van der Waals surface area contributed by atoms with E-state index in [0.717, 1.165) is 28.1 Å². The van der Waals surface area contributed by atoms with Crippen LogP contribution in [-0.2, 0) is 0 Å². The fourth-order valence-corrected chi connectivity index (χ4v) is 4.50. The number of hydrogen-bond donors (Lipinski definition) is 0. The van der Waals surface area contributed by atoms with Gasteiger partial charge in [-0.3, -0.25) is 4.79 Å². The van der Waals surface area contributed by atoms with Gasteiger partial charge in [0.05, 0.1) is 28.8 Å². The van der Waals surface area contributed by atoms with Crippen molar-refractivity contribution in [3.05, 3.63) is 99.3 Å². The Bertz CT molecular complexity index is 1470. The Morgan fingerprint density at radius 1 is 0.938 bits per heavy atom. The molecule has 0 aliphatic rings. The lowest BCUT2D eigenvalue weighted by molar-refractivity contribution is 0.188. The second kappa shape index (κ2) is 8.85. The average Bonchev–Trinajstić information content (AvgIpc) is 3.34. The first kappa shape index (κ1) is 20.3. The number of ether oxygens (including phenoxy) is 2. The van der Waals surface area contributed by atoms with Crippen molar-refractivity contribution < 1.29 is 9.47 Å². The first-order valence-corrected chi connectivity index (χ1v) is 11.3. The molecule has 0 saturated heterocycles. The highest BCUT2D eigenvalue weighted by atomic mass is 32.1. The van der Waals surface area contributed by atoms with Gasteiger partial charge in [-0.15, -0.1) is 0 Å². The van der Waals surface area contributed by atoms with Gasteiger partial charge >= 0.3 is 0 Å². The molecular formula is C26H22N2O3S. The molecule has 5 rings (SSSR count). The summed E-state index contributed by atoms with van der Waals surface area (Å²) in [5.41, 5.74) is 2.48. The van der Waals surface area contributed by atoms with Crippen LogP contribution in [0.4, 0.5) is 0 Å². The van der Waals surface area contributed by atoms with Crippen LogP contribution >= 0.6 is 11.3 Å². The maximum Gasteiger partial charge on any atom is 0.274 e. The third-order valence-corrected chi connectivity index (χ3v) is 6.12. The molecule has 0 N–H and O–H groups in total. The molecule has 5 nitrogen and oxygen atoms in total. The quantitative estimate of drug-likeness (QED) is 0.371. The number of aromatic nitrogens is 2. The van der Waals surface area contributed by atoms with E-state index in [1.54, 1.807) is 4.40 Å². The zero-order valence-electron chi connectivity index (χ0n) is 17.6. The number of fused-ring (bicyclic) bond motifs is 3. The molecular weight excluding hydrogens is 420 g/mol. The monoisotopic (exact) mass is 442 g/mol. The number of thiazole rings is 1. The SMILES string of the molecule is C[C@H](COc1ccccc1)COc1ccccc1/C=c1\sc2nc3ccccc3n2c1=O. The van der Waals surface area contributed by atoms with E-state index in [1.807, 2.05) is 84.9 Å². The van der Waals surface area contributed by atoms with Crippen molar-refractivity contribution in [3.63, 3.8) is 0 Å². The van der Waals surface area contributed by atoms with Crippen molar-refractivity contribution in [1.82, 2.24) is 9.38 Å². The molecule has 2 aromatic heterocycles. The zero-order chi connectivity index (χ0) is 21.9. The molecule has 3 aromatic carbocycles. The molecule has 5 aromatic rings. The van der Waals surface area contributed by atoms with Crippen molar-refractivity contribution in [2.75, 3.05) is 13.2 Å². The maximum atomic E-state index is 13.0. The molecule has 0 unspecified atom stereocenters. The number of imidazole rings is 1. The minimum absolute atomic E-state index is 0.0573. The Kier molecular flexibility index (Phi) is 5.60. The molecule has 0 aliphatic heterocycles. The van der Waals surface area contributed by atoms with Gasteiger partial charge in [0.25, 0.3) is 5.56 Å². The Morgan fingerprint density at radius 3 is 2.53 bits per heavy atom. The lowest BCUT2D eigenvalue weighted by Crippen LogP contribution is -2.22. The summed E-state index contributed by atoms with van der Waals surface area (Å²) >= 11 is 1.39. The number of benzene rings is 3. The van der Waals surface area contributed by atoms with E-state index >= 15 is 0 Å². The predicted molar refractivity (Wildman–Crippen MR) is 129 cm³/mol. The van der Waals surface area contributed by atoms with Gasteiger partial charge in [0.1, 0.15) is 11.5 Å². The third-order valence-electron chi connectivity index (χ3n) is 5.15. The molecule has 1 atom stereocenters. The van der Waals surface area contributed by atoms with Gasteiger partial charge in [-0.25, -0.2) is 9.38 Å². The molecule has 160 valence electrons. The first-order chi connectivity index (χ1) is 15.7. The largest absolute Gasteiger partial charge is 0.493 e. The Morgan fingerprint density at radius 2 is 1.66 bits per heavy atom. The van der Waals surface area contributed by atoms with Crippen LogP contribution in [0.1, 0.15) is 12.5 Å².